The van der Waals surface area contributed by atoms with Crippen LogP contribution < -0.4 is 10.2 Å². The number of nitrogens with one attached hydrogen (secondary N) is 1. The van der Waals surface area contributed by atoms with E-state index in [1.807, 2.05) is 19.1 Å². The normalized spacial score (nSPS) is 18.5. The molecule has 2 aliphatic heterocycles. The molecule has 0 radical (unpaired) electrons. The average Bonchev–Trinajstić information content (AvgIpc) is 3.13. The van der Waals surface area contributed by atoms with Crippen LogP contribution in [0.25, 0.3) is 10.8 Å². The first-order chi connectivity index (χ1) is 16.3. The molecule has 1 fully saturated rings. The number of benzene rings is 3. The van der Waals surface area contributed by atoms with Gasteiger partial charge in [-0.2, -0.15) is 4.31 Å². The van der Waals surface area contributed by atoms with Crippen molar-refractivity contribution in [1.29, 1.82) is 0 Å². The highest BCUT2D eigenvalue weighted by Gasteiger charge is 2.34. The van der Waals surface area contributed by atoms with Crippen LogP contribution in [0.1, 0.15) is 30.1 Å². The van der Waals surface area contributed by atoms with Crippen molar-refractivity contribution >= 4 is 44.0 Å². The summed E-state index contributed by atoms with van der Waals surface area (Å²) in [6.07, 6.45) is 1.10. The highest BCUT2D eigenvalue weighted by molar-refractivity contribution is 7.89. The number of halogens is 1. The van der Waals surface area contributed by atoms with Gasteiger partial charge in [0.25, 0.3) is 5.91 Å². The van der Waals surface area contributed by atoms with E-state index >= 15 is 0 Å². The van der Waals surface area contributed by atoms with Gasteiger partial charge in [-0.15, -0.1) is 0 Å². The third-order valence-electron chi connectivity index (χ3n) is 6.57. The van der Waals surface area contributed by atoms with E-state index < -0.39 is 21.8 Å². The summed E-state index contributed by atoms with van der Waals surface area (Å²) < 4.78 is 40.5. The highest BCUT2D eigenvalue weighted by Crippen LogP contribution is 2.40. The molecule has 1 N–H and O–H groups in total. The van der Waals surface area contributed by atoms with Gasteiger partial charge >= 0.3 is 0 Å². The molecule has 0 aromatic heterocycles. The molecular weight excluding hydrogens is 457 g/mol. The number of carbonyl (C=O) groups is 2. The lowest BCUT2D eigenvalue weighted by Gasteiger charge is -2.31. The fraction of sp³-hybridized carbons (Fsp3) is 0.280. The van der Waals surface area contributed by atoms with Crippen molar-refractivity contribution in [3.63, 3.8) is 0 Å². The van der Waals surface area contributed by atoms with Crippen LogP contribution in [0.3, 0.4) is 0 Å². The van der Waals surface area contributed by atoms with Gasteiger partial charge in [-0.25, -0.2) is 12.8 Å². The first kappa shape index (κ1) is 22.5. The van der Waals surface area contributed by atoms with Crippen molar-refractivity contribution in [2.75, 3.05) is 29.9 Å². The van der Waals surface area contributed by atoms with Gasteiger partial charge in [0.2, 0.25) is 15.9 Å². The molecule has 3 aromatic rings. The van der Waals surface area contributed by atoms with E-state index in [-0.39, 0.29) is 23.3 Å². The van der Waals surface area contributed by atoms with Crippen molar-refractivity contribution < 1.29 is 22.4 Å². The number of hydrogen-bond acceptors (Lipinski definition) is 4. The van der Waals surface area contributed by atoms with Gasteiger partial charge in [-0.3, -0.25) is 9.59 Å². The molecule has 2 heterocycles. The monoisotopic (exact) mass is 481 g/mol. The van der Waals surface area contributed by atoms with Gasteiger partial charge in [-0.1, -0.05) is 12.1 Å². The smallest absolute Gasteiger partial charge is 0.258 e. The molecule has 0 saturated carbocycles. The van der Waals surface area contributed by atoms with Crippen LogP contribution in [-0.4, -0.2) is 44.2 Å². The fourth-order valence-electron chi connectivity index (χ4n) is 4.83. The van der Waals surface area contributed by atoms with E-state index in [0.29, 0.717) is 37.2 Å². The average molecular weight is 482 g/mol. The molecule has 2 amide bonds. The fourth-order valence-corrected chi connectivity index (χ4v) is 6.36. The number of sulfonamides is 1. The molecule has 1 atom stereocenters. The van der Waals surface area contributed by atoms with E-state index in [9.17, 15) is 22.4 Å². The Morgan fingerprint density at radius 3 is 2.62 bits per heavy atom. The standard InChI is InChI=1S/C25H24FN3O4S/c1-2-29-22-13-12-21(19-6-3-7-20(23(19)22)25(29)31)27-24(30)16-5-4-14-28(15-16)34(32,33)18-10-8-17(26)9-11-18/h3,6-13,16H,2,4-5,14-15H2,1H3,(H,27,30). The number of anilines is 2. The summed E-state index contributed by atoms with van der Waals surface area (Å²) in [5.41, 5.74) is 2.03. The van der Waals surface area contributed by atoms with E-state index in [1.165, 1.54) is 16.4 Å². The number of amides is 2. The maximum atomic E-state index is 13.2. The third kappa shape index (κ3) is 3.65. The molecular formula is C25H24FN3O4S. The van der Waals surface area contributed by atoms with Crippen LogP contribution in [0.5, 0.6) is 0 Å². The molecule has 0 bridgehead atoms. The third-order valence-corrected chi connectivity index (χ3v) is 8.44. The summed E-state index contributed by atoms with van der Waals surface area (Å²) in [6.45, 7) is 2.82. The number of nitrogens with zero attached hydrogens (tertiary/aromatic N) is 2. The summed E-state index contributed by atoms with van der Waals surface area (Å²) in [6, 6.07) is 13.8. The maximum absolute atomic E-state index is 13.2. The Bertz CT molecular complexity index is 1410. The molecule has 34 heavy (non-hydrogen) atoms. The predicted octanol–water partition coefficient (Wildman–Crippen LogP) is 4.00. The second-order valence-corrected chi connectivity index (χ2v) is 10.5. The van der Waals surface area contributed by atoms with Crippen molar-refractivity contribution in [2.24, 2.45) is 5.92 Å². The zero-order valence-electron chi connectivity index (χ0n) is 18.6. The maximum Gasteiger partial charge on any atom is 0.258 e. The van der Waals surface area contributed by atoms with Gasteiger partial charge in [0, 0.05) is 41.7 Å². The van der Waals surface area contributed by atoms with Crippen LogP contribution >= 0.6 is 0 Å². The van der Waals surface area contributed by atoms with Crippen LogP contribution in [0, 0.1) is 11.7 Å². The van der Waals surface area contributed by atoms with E-state index in [0.717, 1.165) is 28.6 Å². The second-order valence-electron chi connectivity index (χ2n) is 8.56. The molecule has 7 nitrogen and oxygen atoms in total. The largest absolute Gasteiger partial charge is 0.325 e. The number of rotatable bonds is 5. The predicted molar refractivity (Wildman–Crippen MR) is 128 cm³/mol. The molecule has 0 spiro atoms. The zero-order valence-corrected chi connectivity index (χ0v) is 19.4. The van der Waals surface area contributed by atoms with Crippen molar-refractivity contribution in [2.45, 2.75) is 24.7 Å². The van der Waals surface area contributed by atoms with Gasteiger partial charge < -0.3 is 10.2 Å². The van der Waals surface area contributed by atoms with Crippen molar-refractivity contribution in [3.8, 4) is 0 Å². The van der Waals surface area contributed by atoms with E-state index in [4.69, 9.17) is 0 Å². The Morgan fingerprint density at radius 1 is 1.12 bits per heavy atom. The Hall–Kier alpha value is -3.30. The number of carbonyl (C=O) groups excluding carboxylic acids is 2. The Kier molecular flexibility index (Phi) is 5.61. The molecule has 1 saturated heterocycles. The summed E-state index contributed by atoms with van der Waals surface area (Å²) in [4.78, 5) is 27.6. The minimum absolute atomic E-state index is 0.00704. The molecule has 0 aliphatic carbocycles. The summed E-state index contributed by atoms with van der Waals surface area (Å²) in [7, 11) is -3.83. The molecule has 5 rings (SSSR count). The summed E-state index contributed by atoms with van der Waals surface area (Å²) in [5.74, 6) is -1.36. The molecule has 3 aromatic carbocycles. The van der Waals surface area contributed by atoms with Gasteiger partial charge in [0.15, 0.2) is 0 Å². The molecule has 2 aliphatic rings. The quantitative estimate of drug-likeness (QED) is 0.597. The lowest BCUT2D eigenvalue weighted by atomic mass is 9.98. The second kappa shape index (κ2) is 8.48. The Morgan fingerprint density at radius 2 is 1.88 bits per heavy atom. The topological polar surface area (TPSA) is 86.8 Å². The van der Waals surface area contributed by atoms with Gasteiger partial charge in [-0.05, 0) is 62.2 Å². The molecule has 9 heteroatoms. The molecule has 1 unspecified atom stereocenters. The Balaban J connectivity index is 1.39. The van der Waals surface area contributed by atoms with Crippen LogP contribution in [-0.2, 0) is 14.8 Å². The molecule has 176 valence electrons. The van der Waals surface area contributed by atoms with E-state index in [2.05, 4.69) is 5.32 Å². The minimum Gasteiger partial charge on any atom is -0.325 e. The van der Waals surface area contributed by atoms with Crippen LogP contribution in [0.2, 0.25) is 0 Å². The van der Waals surface area contributed by atoms with Gasteiger partial charge in [0.1, 0.15) is 5.82 Å². The Labute approximate surface area is 197 Å². The minimum atomic E-state index is -3.83. The first-order valence-electron chi connectivity index (χ1n) is 11.3. The zero-order chi connectivity index (χ0) is 24.0. The highest BCUT2D eigenvalue weighted by atomic mass is 32.2. The van der Waals surface area contributed by atoms with Crippen molar-refractivity contribution in [1.82, 2.24) is 4.31 Å². The lowest BCUT2D eigenvalue weighted by Crippen LogP contribution is -2.43. The summed E-state index contributed by atoms with van der Waals surface area (Å²) >= 11 is 0. The van der Waals surface area contributed by atoms with Crippen LogP contribution in [0.15, 0.2) is 59.5 Å². The lowest BCUT2D eigenvalue weighted by molar-refractivity contribution is -0.120. The number of piperidine rings is 1. The van der Waals surface area contributed by atoms with Crippen LogP contribution in [0.4, 0.5) is 15.8 Å². The number of hydrogen-bond donors (Lipinski definition) is 1. The van der Waals surface area contributed by atoms with Crippen molar-refractivity contribution in [3.05, 3.63) is 66.0 Å². The SMILES string of the molecule is CCN1C(=O)c2cccc3c(NC(=O)C4CCCN(S(=O)(=O)c5ccc(F)cc5)C4)ccc1c23. The summed E-state index contributed by atoms with van der Waals surface area (Å²) in [5, 5.41) is 4.56. The first-order valence-corrected chi connectivity index (χ1v) is 12.7. The van der Waals surface area contributed by atoms with E-state index in [1.54, 1.807) is 23.1 Å². The van der Waals surface area contributed by atoms with Gasteiger partial charge in [0.05, 0.1) is 16.5 Å².